The van der Waals surface area contributed by atoms with Gasteiger partial charge in [-0.2, -0.15) is 0 Å². The predicted octanol–water partition coefficient (Wildman–Crippen LogP) is 4.37. The number of nitrogens with zero attached hydrogens (tertiary/aromatic N) is 2. The number of pyridine rings is 1. The molecule has 0 saturated carbocycles. The number of aromatic nitrogens is 1. The van der Waals surface area contributed by atoms with Crippen molar-refractivity contribution < 1.29 is 9.13 Å². The standard InChI is InChI=1S/C23H24FN3O.ClH/c24-21-3-1-2-20(14-21)23-15-26-12-13-27(23)16-18-4-6-22(7-5-18)28-17-19-8-10-25-11-9-19;/h1-11,14,23,26H,12-13,15-17H2;1H. The molecule has 1 aliphatic rings. The van der Waals surface area contributed by atoms with E-state index in [9.17, 15) is 4.39 Å². The van der Waals surface area contributed by atoms with Crippen molar-refractivity contribution in [1.82, 2.24) is 15.2 Å². The number of halogens is 2. The summed E-state index contributed by atoms with van der Waals surface area (Å²) in [6.45, 7) is 4.06. The van der Waals surface area contributed by atoms with Crippen molar-refractivity contribution in [3.8, 4) is 5.75 Å². The van der Waals surface area contributed by atoms with Gasteiger partial charge >= 0.3 is 0 Å². The molecule has 0 amide bonds. The fourth-order valence-electron chi connectivity index (χ4n) is 3.55. The quantitative estimate of drug-likeness (QED) is 0.651. The lowest BCUT2D eigenvalue weighted by Gasteiger charge is -2.36. The molecule has 0 spiro atoms. The first kappa shape index (κ1) is 21.2. The Labute approximate surface area is 177 Å². The van der Waals surface area contributed by atoms with Gasteiger partial charge in [-0.15, -0.1) is 12.4 Å². The number of rotatable bonds is 6. The Morgan fingerprint density at radius 3 is 2.59 bits per heavy atom. The molecular weight excluding hydrogens is 389 g/mol. The summed E-state index contributed by atoms with van der Waals surface area (Å²) < 4.78 is 19.5. The summed E-state index contributed by atoms with van der Waals surface area (Å²) >= 11 is 0. The average molecular weight is 414 g/mol. The van der Waals surface area contributed by atoms with Gasteiger partial charge in [-0.1, -0.05) is 24.3 Å². The second-order valence-electron chi connectivity index (χ2n) is 7.03. The smallest absolute Gasteiger partial charge is 0.123 e. The van der Waals surface area contributed by atoms with E-state index in [1.165, 1.54) is 11.6 Å². The van der Waals surface area contributed by atoms with E-state index >= 15 is 0 Å². The second kappa shape index (κ2) is 10.3. The Kier molecular flexibility index (Phi) is 7.58. The lowest BCUT2D eigenvalue weighted by molar-refractivity contribution is 0.153. The maximum absolute atomic E-state index is 13.7. The first-order valence-corrected chi connectivity index (χ1v) is 9.59. The largest absolute Gasteiger partial charge is 0.489 e. The van der Waals surface area contributed by atoms with Crippen LogP contribution in [0.5, 0.6) is 5.75 Å². The molecule has 1 N–H and O–H groups in total. The SMILES string of the molecule is Cl.Fc1cccc(C2CNCCN2Cc2ccc(OCc3ccncc3)cc2)c1. The van der Waals surface area contributed by atoms with Gasteiger partial charge in [0.15, 0.2) is 0 Å². The van der Waals surface area contributed by atoms with Crippen molar-refractivity contribution in [3.05, 3.63) is 95.6 Å². The van der Waals surface area contributed by atoms with Gasteiger partial charge < -0.3 is 10.1 Å². The average Bonchev–Trinajstić information content (AvgIpc) is 2.74. The summed E-state index contributed by atoms with van der Waals surface area (Å²) in [7, 11) is 0. The van der Waals surface area contributed by atoms with Gasteiger partial charge in [-0.3, -0.25) is 9.88 Å². The number of hydrogen-bond donors (Lipinski definition) is 1. The van der Waals surface area contributed by atoms with E-state index < -0.39 is 0 Å². The van der Waals surface area contributed by atoms with Gasteiger partial charge in [0.2, 0.25) is 0 Å². The van der Waals surface area contributed by atoms with E-state index in [-0.39, 0.29) is 24.3 Å². The Morgan fingerprint density at radius 2 is 1.83 bits per heavy atom. The summed E-state index contributed by atoms with van der Waals surface area (Å²) in [6, 6.07) is 19.2. The van der Waals surface area contributed by atoms with Gasteiger partial charge in [0.05, 0.1) is 0 Å². The minimum atomic E-state index is -0.182. The summed E-state index contributed by atoms with van der Waals surface area (Å²) in [5.41, 5.74) is 3.34. The molecule has 1 saturated heterocycles. The summed E-state index contributed by atoms with van der Waals surface area (Å²) in [4.78, 5) is 6.42. The Hall–Kier alpha value is -2.47. The first-order valence-electron chi connectivity index (χ1n) is 9.59. The zero-order chi connectivity index (χ0) is 19.2. The van der Waals surface area contributed by atoms with Crippen molar-refractivity contribution in [2.75, 3.05) is 19.6 Å². The molecule has 1 atom stereocenters. The normalized spacial score (nSPS) is 16.8. The van der Waals surface area contributed by atoms with Gasteiger partial charge in [0, 0.05) is 44.6 Å². The molecule has 2 heterocycles. The molecule has 152 valence electrons. The highest BCUT2D eigenvalue weighted by Gasteiger charge is 2.24. The van der Waals surface area contributed by atoms with Crippen molar-refractivity contribution in [1.29, 1.82) is 0 Å². The molecule has 1 aliphatic heterocycles. The molecule has 4 rings (SSSR count). The fourth-order valence-corrected chi connectivity index (χ4v) is 3.55. The molecule has 0 radical (unpaired) electrons. The van der Waals surface area contributed by atoms with E-state index in [0.717, 1.165) is 43.1 Å². The van der Waals surface area contributed by atoms with Gasteiger partial charge in [0.25, 0.3) is 0 Å². The molecule has 1 unspecified atom stereocenters. The monoisotopic (exact) mass is 413 g/mol. The molecule has 29 heavy (non-hydrogen) atoms. The maximum Gasteiger partial charge on any atom is 0.123 e. The van der Waals surface area contributed by atoms with E-state index in [0.29, 0.717) is 6.61 Å². The molecule has 2 aromatic carbocycles. The van der Waals surface area contributed by atoms with Crippen LogP contribution in [0.2, 0.25) is 0 Å². The van der Waals surface area contributed by atoms with E-state index in [1.807, 2.05) is 30.3 Å². The van der Waals surface area contributed by atoms with Gasteiger partial charge in [-0.25, -0.2) is 4.39 Å². The highest BCUT2D eigenvalue weighted by Crippen LogP contribution is 2.25. The van der Waals surface area contributed by atoms with Crippen LogP contribution in [0.1, 0.15) is 22.7 Å². The zero-order valence-electron chi connectivity index (χ0n) is 16.1. The fraction of sp³-hybridized carbons (Fsp3) is 0.261. The Morgan fingerprint density at radius 1 is 1.03 bits per heavy atom. The van der Waals surface area contributed by atoms with Crippen molar-refractivity contribution in [2.45, 2.75) is 19.2 Å². The number of nitrogens with one attached hydrogen (secondary N) is 1. The van der Waals surface area contributed by atoms with Gasteiger partial charge in [0.1, 0.15) is 18.2 Å². The minimum absolute atomic E-state index is 0. The Balaban J connectivity index is 0.00000240. The first-order chi connectivity index (χ1) is 13.8. The van der Waals surface area contributed by atoms with E-state index in [4.69, 9.17) is 4.74 Å². The van der Waals surface area contributed by atoms with Crippen molar-refractivity contribution in [3.63, 3.8) is 0 Å². The molecule has 0 bridgehead atoms. The number of benzene rings is 2. The van der Waals surface area contributed by atoms with Crippen LogP contribution in [-0.4, -0.2) is 29.5 Å². The molecule has 1 aromatic heterocycles. The third-order valence-electron chi connectivity index (χ3n) is 5.05. The van der Waals surface area contributed by atoms with Crippen LogP contribution < -0.4 is 10.1 Å². The van der Waals surface area contributed by atoms with Crippen LogP contribution in [-0.2, 0) is 13.2 Å². The second-order valence-corrected chi connectivity index (χ2v) is 7.03. The van der Waals surface area contributed by atoms with E-state index in [1.54, 1.807) is 24.5 Å². The number of hydrogen-bond acceptors (Lipinski definition) is 4. The van der Waals surface area contributed by atoms with Crippen LogP contribution >= 0.6 is 12.4 Å². The summed E-state index contributed by atoms with van der Waals surface area (Å²) in [5.74, 6) is 0.668. The van der Waals surface area contributed by atoms with Gasteiger partial charge in [-0.05, 0) is 53.1 Å². The third-order valence-corrected chi connectivity index (χ3v) is 5.05. The third kappa shape index (κ3) is 5.76. The highest BCUT2D eigenvalue weighted by atomic mass is 35.5. The summed E-state index contributed by atoms with van der Waals surface area (Å²) in [5, 5.41) is 3.42. The molecule has 1 fully saturated rings. The van der Waals surface area contributed by atoms with E-state index in [2.05, 4.69) is 27.3 Å². The molecule has 0 aliphatic carbocycles. The number of piperazine rings is 1. The minimum Gasteiger partial charge on any atom is -0.489 e. The maximum atomic E-state index is 13.7. The van der Waals surface area contributed by atoms with Crippen LogP contribution in [0.15, 0.2) is 73.1 Å². The van der Waals surface area contributed by atoms with Crippen molar-refractivity contribution >= 4 is 12.4 Å². The molecule has 4 nitrogen and oxygen atoms in total. The highest BCUT2D eigenvalue weighted by molar-refractivity contribution is 5.85. The molecule has 3 aromatic rings. The van der Waals surface area contributed by atoms with Crippen molar-refractivity contribution in [2.24, 2.45) is 0 Å². The zero-order valence-corrected chi connectivity index (χ0v) is 16.9. The van der Waals surface area contributed by atoms with Crippen LogP contribution in [0.4, 0.5) is 4.39 Å². The number of ether oxygens (including phenoxy) is 1. The van der Waals surface area contributed by atoms with Crippen LogP contribution in [0.25, 0.3) is 0 Å². The topological polar surface area (TPSA) is 37.4 Å². The lowest BCUT2D eigenvalue weighted by Crippen LogP contribution is -2.45. The Bertz CT molecular complexity index is 892. The predicted molar refractivity (Wildman–Crippen MR) is 115 cm³/mol. The molecule has 6 heteroatoms. The molecular formula is C23H25ClFN3O. The lowest BCUT2D eigenvalue weighted by atomic mass is 10.0. The van der Waals surface area contributed by atoms with Crippen LogP contribution in [0.3, 0.4) is 0 Å². The summed E-state index contributed by atoms with van der Waals surface area (Å²) in [6.07, 6.45) is 3.54. The van der Waals surface area contributed by atoms with Crippen LogP contribution in [0, 0.1) is 5.82 Å².